The van der Waals surface area contributed by atoms with Gasteiger partial charge in [0.1, 0.15) is 0 Å². The fourth-order valence-electron chi connectivity index (χ4n) is 4.34. The fourth-order valence-corrected chi connectivity index (χ4v) is 6.27. The first-order chi connectivity index (χ1) is 8.30. The lowest BCUT2D eigenvalue weighted by Gasteiger charge is -2.44. The zero-order valence-corrected chi connectivity index (χ0v) is 15.7. The summed E-state index contributed by atoms with van der Waals surface area (Å²) in [6.07, 6.45) is 1.19. The van der Waals surface area contributed by atoms with Crippen LogP contribution in [0.2, 0.25) is 25.7 Å². The molecule has 1 rings (SSSR count). The first-order valence-electron chi connectivity index (χ1n) is 8.02. The van der Waals surface area contributed by atoms with Gasteiger partial charge in [0, 0.05) is 8.07 Å². The highest BCUT2D eigenvalue weighted by atomic mass is 28.3. The zero-order valence-electron chi connectivity index (χ0n) is 14.7. The molecule has 2 heteroatoms. The Kier molecular flexibility index (Phi) is 4.70. The second-order valence-corrected chi connectivity index (χ2v) is 15.1. The molecule has 1 fully saturated rings. The predicted molar refractivity (Wildman–Crippen MR) is 88.2 cm³/mol. The number of hydrogen-bond donors (Lipinski definition) is 1. The summed E-state index contributed by atoms with van der Waals surface area (Å²) in [7, 11) is -1.17. The quantitative estimate of drug-likeness (QED) is 0.721. The van der Waals surface area contributed by atoms with Gasteiger partial charge in [-0.25, -0.2) is 0 Å². The molecule has 0 aromatic heterocycles. The van der Waals surface area contributed by atoms with Crippen molar-refractivity contribution in [3.05, 3.63) is 0 Å². The topological polar surface area (TPSA) is 20.2 Å². The van der Waals surface area contributed by atoms with Gasteiger partial charge in [-0.2, -0.15) is 0 Å². The molecule has 4 atom stereocenters. The Bertz CT molecular complexity index is 310. The van der Waals surface area contributed by atoms with Crippen molar-refractivity contribution >= 4 is 8.07 Å². The van der Waals surface area contributed by atoms with Crippen LogP contribution in [0.15, 0.2) is 0 Å². The van der Waals surface area contributed by atoms with Crippen molar-refractivity contribution in [2.45, 2.75) is 79.2 Å². The first kappa shape index (κ1) is 17.2. The average Bonchev–Trinajstić information content (AvgIpc) is 2.40. The van der Waals surface area contributed by atoms with Crippen molar-refractivity contribution in [3.63, 3.8) is 0 Å². The summed E-state index contributed by atoms with van der Waals surface area (Å²) in [6.45, 7) is 21.1. The van der Waals surface area contributed by atoms with Gasteiger partial charge in [-0.15, -0.1) is 0 Å². The minimum atomic E-state index is -1.17. The summed E-state index contributed by atoms with van der Waals surface area (Å²) in [5, 5.41) is 11.4. The number of hydrogen-bond acceptors (Lipinski definition) is 1. The van der Waals surface area contributed by atoms with E-state index in [9.17, 15) is 5.11 Å². The maximum Gasteiger partial charge on any atom is 0.0724 e. The van der Waals surface area contributed by atoms with Gasteiger partial charge >= 0.3 is 0 Å². The molecule has 0 unspecified atom stereocenters. The van der Waals surface area contributed by atoms with Gasteiger partial charge in [0.2, 0.25) is 0 Å². The third-order valence-electron chi connectivity index (χ3n) is 5.35. The van der Waals surface area contributed by atoms with E-state index in [2.05, 4.69) is 61.2 Å². The molecule has 0 spiro atoms. The highest BCUT2D eigenvalue weighted by Crippen LogP contribution is 2.56. The second kappa shape index (κ2) is 5.18. The maximum absolute atomic E-state index is 11.4. The lowest BCUT2D eigenvalue weighted by molar-refractivity contribution is -0.0764. The molecular formula is C17H36OSi. The van der Waals surface area contributed by atoms with Crippen molar-refractivity contribution in [2.24, 2.45) is 29.1 Å². The molecule has 1 N–H and O–H groups in total. The summed E-state index contributed by atoms with van der Waals surface area (Å²) < 4.78 is 0. The average molecular weight is 285 g/mol. The summed E-state index contributed by atoms with van der Waals surface area (Å²) in [4.78, 5) is 0. The monoisotopic (exact) mass is 284 g/mol. The minimum Gasteiger partial charge on any atom is -0.389 e. The van der Waals surface area contributed by atoms with Gasteiger partial charge in [0.05, 0.1) is 5.60 Å². The van der Waals surface area contributed by atoms with Gasteiger partial charge in [-0.3, -0.25) is 0 Å². The molecule has 1 aliphatic carbocycles. The molecule has 0 saturated heterocycles. The molecule has 1 aliphatic rings. The van der Waals surface area contributed by atoms with Crippen LogP contribution in [0.1, 0.15) is 48.0 Å². The molecule has 0 aliphatic heterocycles. The van der Waals surface area contributed by atoms with Crippen molar-refractivity contribution in [1.29, 1.82) is 0 Å². The van der Waals surface area contributed by atoms with Crippen molar-refractivity contribution in [2.75, 3.05) is 0 Å². The van der Waals surface area contributed by atoms with E-state index < -0.39 is 13.7 Å². The molecular weight excluding hydrogens is 248 g/mol. The van der Waals surface area contributed by atoms with Crippen LogP contribution in [0.4, 0.5) is 0 Å². The van der Waals surface area contributed by atoms with Crippen LogP contribution in [-0.4, -0.2) is 18.8 Å². The van der Waals surface area contributed by atoms with Gasteiger partial charge < -0.3 is 5.11 Å². The molecule has 1 saturated carbocycles. The summed E-state index contributed by atoms with van der Waals surface area (Å²) >= 11 is 0. The molecule has 0 heterocycles. The number of aliphatic hydroxyl groups is 1. The van der Waals surface area contributed by atoms with E-state index in [1.807, 2.05) is 0 Å². The normalized spacial score (nSPS) is 37.1. The molecule has 1 nitrogen and oxygen atoms in total. The van der Waals surface area contributed by atoms with Crippen LogP contribution in [-0.2, 0) is 0 Å². The largest absolute Gasteiger partial charge is 0.389 e. The Morgan fingerprint density at radius 3 is 2.00 bits per heavy atom. The lowest BCUT2D eigenvalue weighted by atomic mass is 9.70. The molecule has 114 valence electrons. The lowest BCUT2D eigenvalue weighted by Crippen LogP contribution is -2.48. The number of rotatable bonds is 3. The van der Waals surface area contributed by atoms with E-state index in [4.69, 9.17) is 0 Å². The smallest absolute Gasteiger partial charge is 0.0724 e. The summed E-state index contributed by atoms with van der Waals surface area (Å²) in [5.74, 6) is 1.92. The van der Waals surface area contributed by atoms with Crippen LogP contribution in [0.25, 0.3) is 0 Å². The first-order valence-corrected chi connectivity index (χ1v) is 11.7. The SMILES string of the molecule is CC(C)[C@@]1(O)[C@H](C[Si](C)(C)C)[C@H](C(C)(C)C)C[C@@H]1C. The Morgan fingerprint density at radius 2 is 1.68 bits per heavy atom. The van der Waals surface area contributed by atoms with Crippen LogP contribution in [0.5, 0.6) is 0 Å². The van der Waals surface area contributed by atoms with E-state index in [-0.39, 0.29) is 0 Å². The van der Waals surface area contributed by atoms with Crippen LogP contribution < -0.4 is 0 Å². The molecule has 0 bridgehead atoms. The van der Waals surface area contributed by atoms with E-state index in [0.29, 0.717) is 29.1 Å². The van der Waals surface area contributed by atoms with Gasteiger partial charge in [-0.05, 0) is 35.5 Å². The Balaban J connectivity index is 3.17. The van der Waals surface area contributed by atoms with Crippen LogP contribution in [0, 0.1) is 29.1 Å². The van der Waals surface area contributed by atoms with Crippen molar-refractivity contribution < 1.29 is 5.11 Å². The standard InChI is InChI=1S/C17H36OSi/c1-12(2)17(18)13(3)10-14(16(4,5)6)15(17)11-19(7,8)9/h12-15,18H,10-11H2,1-9H3/t13-,14+,15+,17-/m0/s1. The zero-order chi connectivity index (χ0) is 15.2. The third-order valence-corrected chi connectivity index (χ3v) is 7.01. The predicted octanol–water partition coefficient (Wildman–Crippen LogP) is 5.03. The van der Waals surface area contributed by atoms with E-state index in [1.54, 1.807) is 0 Å². The molecule has 19 heavy (non-hydrogen) atoms. The van der Waals surface area contributed by atoms with Crippen LogP contribution in [0.3, 0.4) is 0 Å². The molecule has 0 radical (unpaired) electrons. The Labute approximate surface area is 122 Å². The third kappa shape index (κ3) is 3.44. The highest BCUT2D eigenvalue weighted by molar-refractivity contribution is 6.76. The maximum atomic E-state index is 11.4. The molecule has 0 amide bonds. The van der Waals surface area contributed by atoms with Crippen LogP contribution >= 0.6 is 0 Å². The molecule has 0 aromatic rings. The van der Waals surface area contributed by atoms with Gasteiger partial charge in [-0.1, -0.05) is 67.2 Å². The highest BCUT2D eigenvalue weighted by Gasteiger charge is 2.56. The summed E-state index contributed by atoms with van der Waals surface area (Å²) in [6, 6.07) is 1.26. The second-order valence-electron chi connectivity index (χ2n) is 9.52. The Morgan fingerprint density at radius 1 is 1.21 bits per heavy atom. The van der Waals surface area contributed by atoms with Crippen molar-refractivity contribution in [1.82, 2.24) is 0 Å². The fraction of sp³-hybridized carbons (Fsp3) is 1.00. The van der Waals surface area contributed by atoms with E-state index in [1.165, 1.54) is 12.5 Å². The Hall–Kier alpha value is 0.177. The summed E-state index contributed by atoms with van der Waals surface area (Å²) in [5.41, 5.74) is -0.157. The van der Waals surface area contributed by atoms with Gasteiger partial charge in [0.15, 0.2) is 0 Å². The van der Waals surface area contributed by atoms with E-state index >= 15 is 0 Å². The van der Waals surface area contributed by atoms with E-state index in [0.717, 1.165) is 0 Å². The molecule has 0 aromatic carbocycles. The minimum absolute atomic E-state index is 0.304. The van der Waals surface area contributed by atoms with Crippen molar-refractivity contribution in [3.8, 4) is 0 Å². The van der Waals surface area contributed by atoms with Gasteiger partial charge in [0.25, 0.3) is 0 Å².